The summed E-state index contributed by atoms with van der Waals surface area (Å²) in [5.74, 6) is 4.89. The fraction of sp³-hybridized carbons (Fsp3) is 0.371. The fourth-order valence-corrected chi connectivity index (χ4v) is 17.0. The van der Waals surface area contributed by atoms with E-state index in [1.807, 2.05) is 128 Å². The van der Waals surface area contributed by atoms with E-state index in [9.17, 15) is 24.4 Å². The molecule has 0 unspecified atom stereocenters. The van der Waals surface area contributed by atoms with Crippen molar-refractivity contribution in [2.45, 2.75) is 114 Å². The number of nitriles is 3. The number of primary amides is 1. The molecular formula is C89H93Cl2N25O6. The third kappa shape index (κ3) is 21.2. The van der Waals surface area contributed by atoms with Gasteiger partial charge in [0.1, 0.15) is 58.4 Å². The summed E-state index contributed by atoms with van der Waals surface area (Å²) < 4.78 is 16.6. The highest BCUT2D eigenvalue weighted by Gasteiger charge is 2.30. The third-order valence-electron chi connectivity index (χ3n) is 23.1. The summed E-state index contributed by atoms with van der Waals surface area (Å²) >= 11 is 11.8. The molecule has 6 aliphatic rings. The van der Waals surface area contributed by atoms with Gasteiger partial charge in [-0.05, 0) is 178 Å². The van der Waals surface area contributed by atoms with Crippen LogP contribution in [0, 0.1) is 51.7 Å². The van der Waals surface area contributed by atoms with Gasteiger partial charge in [0.25, 0.3) is 5.91 Å². The van der Waals surface area contributed by atoms with Crippen LogP contribution in [0.2, 0.25) is 10.3 Å². The van der Waals surface area contributed by atoms with Crippen molar-refractivity contribution >= 4 is 110 Å². The zero-order valence-electron chi connectivity index (χ0n) is 67.4. The standard InChI is InChI=1S/C30H33N7O3.C30H31N7O2.C19H17ClN6O.C10H12ClN5/c31-29(39)28-30(34-24-6-3-21(4-7-24)22-9-14-40-15-10-22)35-27(17-33-28)36-12-1-2-20(18-36)16-25(38)23-5-8-26-32-11-13-37(26)19-23;31-17-26-30(34-25-6-3-22(4-7-25)23-9-14-39-15-10-23)35-29(18-33-26)36-12-1-2-21(19-36)16-27(38)24-5-8-28-32-11-13-37(28)20-24;20-19-15(9-21)23-10-18(24-19)25-6-1-2-13(11-25)8-16(27)14-3-4-17-22-5-7-26(17)12-14;11-10-8(4-12)14-5-9(15-10)16-3-1-2-7(13)6-16/h3-8,11,13,17,19-20,22H,1-2,9-10,12,14-16,18H2,(H2,31,39)(H,34,35);3-8,11,13,18,20-21,23H,1-2,9-10,12,14-16,19H2,(H,34,35);3-5,7,10,12-13H,1-2,6,8,11H2;5,7H,1-3,6,13H2/t20-;21-;13-;7-/m0001/s1. The summed E-state index contributed by atoms with van der Waals surface area (Å²) in [6, 6.07) is 33.8. The van der Waals surface area contributed by atoms with Crippen molar-refractivity contribution in [1.82, 2.24) is 68.0 Å². The van der Waals surface area contributed by atoms with Gasteiger partial charge in [-0.2, -0.15) is 15.8 Å². The Labute approximate surface area is 715 Å². The molecule has 6 aliphatic heterocycles. The monoisotopic (exact) mass is 1680 g/mol. The second kappa shape index (κ2) is 39.9. The molecule has 624 valence electrons. The number of carbonyl (C=O) groups is 4. The number of carbonyl (C=O) groups excluding carboxylic acids is 4. The van der Waals surface area contributed by atoms with E-state index in [-0.39, 0.29) is 74.2 Å². The first-order chi connectivity index (χ1) is 59.5. The summed E-state index contributed by atoms with van der Waals surface area (Å²) in [4.78, 5) is 107. The maximum absolute atomic E-state index is 13.1. The lowest BCUT2D eigenvalue weighted by atomic mass is 9.91. The van der Waals surface area contributed by atoms with Gasteiger partial charge in [0.15, 0.2) is 62.1 Å². The molecule has 0 aliphatic carbocycles. The van der Waals surface area contributed by atoms with E-state index in [1.54, 1.807) is 43.4 Å². The van der Waals surface area contributed by atoms with Crippen molar-refractivity contribution in [2.24, 2.45) is 29.2 Å². The molecule has 18 rings (SSSR count). The van der Waals surface area contributed by atoms with Crippen molar-refractivity contribution in [1.29, 1.82) is 15.8 Å². The molecule has 0 bridgehead atoms. The molecule has 6 fully saturated rings. The first kappa shape index (κ1) is 84.1. The number of imidazole rings is 3. The molecule has 6 N–H and O–H groups in total. The molecule has 2 aromatic carbocycles. The van der Waals surface area contributed by atoms with E-state index >= 15 is 0 Å². The molecule has 4 atom stereocenters. The highest BCUT2D eigenvalue weighted by Crippen LogP contribution is 2.35. The van der Waals surface area contributed by atoms with Crippen LogP contribution < -0.4 is 41.7 Å². The molecule has 33 heteroatoms. The number of nitrogens with two attached hydrogens (primary N) is 2. The molecule has 122 heavy (non-hydrogen) atoms. The van der Waals surface area contributed by atoms with E-state index < -0.39 is 5.91 Å². The number of benzene rings is 2. The Morgan fingerprint density at radius 2 is 0.779 bits per heavy atom. The number of anilines is 8. The zero-order chi connectivity index (χ0) is 84.4. The number of nitrogens with zero attached hydrogens (tertiary/aromatic N) is 21. The van der Waals surface area contributed by atoms with Gasteiger partial charge in [-0.3, -0.25) is 19.2 Å². The minimum atomic E-state index is -0.641. The third-order valence-corrected chi connectivity index (χ3v) is 23.6. The Balaban J connectivity index is 0.000000132. The number of aromatic nitrogens is 14. The Morgan fingerprint density at radius 3 is 1.16 bits per heavy atom. The lowest BCUT2D eigenvalue weighted by Gasteiger charge is -2.33. The Bertz CT molecular complexity index is 5830. The topological polar surface area (TPSA) is 402 Å². The molecule has 1 amide bonds. The Kier molecular flexibility index (Phi) is 27.5. The van der Waals surface area contributed by atoms with Gasteiger partial charge >= 0.3 is 0 Å². The molecule has 12 aromatic rings. The average Bonchev–Trinajstić information content (AvgIpc) is 0.928. The van der Waals surface area contributed by atoms with Crippen LogP contribution in [-0.2, 0) is 9.47 Å². The maximum Gasteiger partial charge on any atom is 0.271 e. The van der Waals surface area contributed by atoms with Crippen LogP contribution >= 0.6 is 23.2 Å². The Hall–Kier alpha value is -13.0. The van der Waals surface area contributed by atoms with Gasteiger partial charge < -0.3 is 64.4 Å². The molecule has 0 spiro atoms. The number of ketones is 3. The molecular weight excluding hydrogens is 1590 g/mol. The lowest BCUT2D eigenvalue weighted by Crippen LogP contribution is -2.43. The predicted octanol–water partition coefficient (Wildman–Crippen LogP) is 13.5. The SMILES string of the molecule is N#Cc1ncc(N2CCC[C@@H](CC(=O)c3ccc4nccn4c3)C2)nc1Cl.N#Cc1ncc(N2CCC[C@@H](CC(=O)c3ccc4nccn4c3)C2)nc1Nc1ccc(C2CCOCC2)cc1.N#Cc1ncc(N2CCC[C@@H](N)C2)nc1Cl.NC(=O)c1ncc(N2CCC[C@@H](CC(=O)c3ccc4nccn4c3)C2)nc1Nc1ccc(C2CCOCC2)cc1. The number of nitrogens with one attached hydrogen (secondary N) is 2. The molecule has 0 saturated carbocycles. The largest absolute Gasteiger partial charge is 0.381 e. The van der Waals surface area contributed by atoms with Gasteiger partial charge in [0.2, 0.25) is 0 Å². The van der Waals surface area contributed by atoms with Crippen LogP contribution in [0.5, 0.6) is 0 Å². The lowest BCUT2D eigenvalue weighted by molar-refractivity contribution is 0.0852. The van der Waals surface area contributed by atoms with Crippen molar-refractivity contribution < 1.29 is 28.7 Å². The van der Waals surface area contributed by atoms with Gasteiger partial charge in [0.05, 0.1) is 24.8 Å². The van der Waals surface area contributed by atoms with Crippen LogP contribution in [0.3, 0.4) is 0 Å². The molecule has 6 saturated heterocycles. The number of hydrogen-bond acceptors (Lipinski definition) is 27. The average molecular weight is 1680 g/mol. The van der Waals surface area contributed by atoms with Crippen LogP contribution in [0.4, 0.5) is 46.3 Å². The van der Waals surface area contributed by atoms with Crippen LogP contribution in [0.1, 0.15) is 178 Å². The first-order valence-corrected chi connectivity index (χ1v) is 42.1. The highest BCUT2D eigenvalue weighted by atomic mass is 35.5. The fourth-order valence-electron chi connectivity index (χ4n) is 16.6. The molecule has 0 radical (unpaired) electrons. The number of hydrogen-bond donors (Lipinski definition) is 4. The van der Waals surface area contributed by atoms with Gasteiger partial charge in [-0.25, -0.2) is 54.8 Å². The smallest absolute Gasteiger partial charge is 0.271 e. The summed E-state index contributed by atoms with van der Waals surface area (Å²) in [7, 11) is 0. The van der Waals surface area contributed by atoms with Crippen molar-refractivity contribution in [3.63, 3.8) is 0 Å². The number of rotatable bonds is 20. The number of fused-ring (bicyclic) bond motifs is 3. The number of halogens is 2. The van der Waals surface area contributed by atoms with Crippen molar-refractivity contribution in [3.8, 4) is 18.2 Å². The Morgan fingerprint density at radius 1 is 0.426 bits per heavy atom. The number of ether oxygens (including phenoxy) is 2. The molecule has 16 heterocycles. The maximum atomic E-state index is 13.1. The summed E-state index contributed by atoms with van der Waals surface area (Å²) in [5.41, 5.74) is 21.0. The second-order valence-electron chi connectivity index (χ2n) is 31.5. The summed E-state index contributed by atoms with van der Waals surface area (Å²) in [6.45, 7) is 9.48. The molecule has 10 aromatic heterocycles. The number of piperidine rings is 4. The predicted molar refractivity (Wildman–Crippen MR) is 463 cm³/mol. The van der Waals surface area contributed by atoms with E-state index in [0.29, 0.717) is 89.2 Å². The van der Waals surface area contributed by atoms with E-state index in [0.717, 1.165) is 178 Å². The van der Waals surface area contributed by atoms with Crippen molar-refractivity contribution in [2.75, 3.05) is 109 Å². The quantitative estimate of drug-likeness (QED) is 0.0515. The second-order valence-corrected chi connectivity index (χ2v) is 32.2. The first-order valence-electron chi connectivity index (χ1n) is 41.4. The number of pyridine rings is 3. The van der Waals surface area contributed by atoms with Gasteiger partial charge in [0, 0.05) is 188 Å². The molecule has 31 nitrogen and oxygen atoms in total. The normalized spacial score (nSPS) is 18.2. The minimum absolute atomic E-state index is 0.0934. The van der Waals surface area contributed by atoms with E-state index in [4.69, 9.17) is 64.6 Å². The van der Waals surface area contributed by atoms with Crippen LogP contribution in [0.15, 0.2) is 165 Å². The van der Waals surface area contributed by atoms with Gasteiger partial charge in [-0.1, -0.05) is 47.5 Å². The number of Topliss-reactive ketones (excluding diaryl/α,β-unsaturated/α-hetero) is 3. The van der Waals surface area contributed by atoms with E-state index in [1.165, 1.54) is 11.1 Å². The highest BCUT2D eigenvalue weighted by molar-refractivity contribution is 6.30. The van der Waals surface area contributed by atoms with Crippen LogP contribution in [-0.4, -0.2) is 176 Å². The van der Waals surface area contributed by atoms with E-state index in [2.05, 4.69) is 101 Å². The number of amides is 1. The summed E-state index contributed by atoms with van der Waals surface area (Å²) in [6.07, 6.45) is 36.1. The minimum Gasteiger partial charge on any atom is -0.381 e. The van der Waals surface area contributed by atoms with Crippen molar-refractivity contribution in [3.05, 3.63) is 226 Å². The van der Waals surface area contributed by atoms with Crippen LogP contribution in [0.25, 0.3) is 16.9 Å². The zero-order valence-corrected chi connectivity index (χ0v) is 68.9. The summed E-state index contributed by atoms with van der Waals surface area (Å²) in [5, 5.41) is 34.1. The van der Waals surface area contributed by atoms with Gasteiger partial charge in [-0.15, -0.1) is 0 Å².